The second-order valence-electron chi connectivity index (χ2n) is 21.9. The molecule has 0 unspecified atom stereocenters. The van der Waals surface area contributed by atoms with Gasteiger partial charge in [0.05, 0.1) is 36.5 Å². The van der Waals surface area contributed by atoms with Gasteiger partial charge in [-0.1, -0.05) is 217 Å². The summed E-state index contributed by atoms with van der Waals surface area (Å²) in [5.74, 6) is 2.79. The standard InChI is InChI=1S/C73H63FN4O.Pt/c1-45(2)61-39-56(51-22-13-10-14-23-51)40-62(46(3)4)70(61)77-68-29-18-17-28-66(68)75-72(77)55-25-19-26-58(38-55)79-59-37-54-24-15-16-27-60(54)65(43-59)73-76-67-36-49(44-74)30-35-69(67)78(73)71-63(47(5)6)41-57(42-64(71)48(7)8)53-33-31-52(32-34-53)50-20-11-9-12-21-50;/h9-37,39-42,45-48H,44H2,1-8H3;/q-2;+2/i44D2;. The zero-order valence-electron chi connectivity index (χ0n) is 48.3. The molecule has 2 aromatic heterocycles. The Balaban J connectivity index is 0.00000705. The van der Waals surface area contributed by atoms with Gasteiger partial charge in [-0.2, -0.15) is 0 Å². The van der Waals surface area contributed by atoms with Gasteiger partial charge in [-0.15, -0.1) is 23.8 Å². The molecule has 12 rings (SSSR count). The number of hydrogen-bond donors (Lipinski definition) is 0. The third-order valence-electron chi connectivity index (χ3n) is 15.2. The summed E-state index contributed by atoms with van der Waals surface area (Å²) in [6.07, 6.45) is 0. The van der Waals surface area contributed by atoms with E-state index in [0.717, 1.165) is 77.9 Å². The summed E-state index contributed by atoms with van der Waals surface area (Å²) in [6, 6.07) is 75.7. The molecule has 0 aliphatic carbocycles. The van der Waals surface area contributed by atoms with E-state index in [1.165, 1.54) is 34.4 Å². The Labute approximate surface area is 486 Å². The van der Waals surface area contributed by atoms with Gasteiger partial charge in [0.1, 0.15) is 6.63 Å². The molecule has 0 aliphatic heterocycles. The number of nitrogens with zero attached hydrogens (tertiary/aromatic N) is 4. The van der Waals surface area contributed by atoms with Crippen LogP contribution in [0.25, 0.3) is 100 Å². The van der Waals surface area contributed by atoms with Crippen molar-refractivity contribution in [2.45, 2.75) is 85.7 Å². The molecular formula is C73H63FN4OPt. The molecule has 0 saturated carbocycles. The first-order chi connectivity index (χ1) is 39.1. The first-order valence-electron chi connectivity index (χ1n) is 28.5. The maximum atomic E-state index is 15.3. The van der Waals surface area contributed by atoms with Crippen molar-refractivity contribution in [2.75, 3.05) is 0 Å². The minimum absolute atomic E-state index is 0. The van der Waals surface area contributed by atoms with E-state index in [1.807, 2.05) is 48.5 Å². The average Bonchev–Trinajstić information content (AvgIpc) is 4.18. The molecule has 398 valence electrons. The third kappa shape index (κ3) is 10.1. The van der Waals surface area contributed by atoms with Crippen molar-refractivity contribution in [3.63, 3.8) is 0 Å². The molecule has 0 atom stereocenters. The number of alkyl halides is 1. The Morgan fingerprint density at radius 1 is 0.450 bits per heavy atom. The summed E-state index contributed by atoms with van der Waals surface area (Å²) in [4.78, 5) is 10.7. The van der Waals surface area contributed by atoms with E-state index in [9.17, 15) is 0 Å². The van der Waals surface area contributed by atoms with Crippen LogP contribution in [-0.4, -0.2) is 19.1 Å². The predicted molar refractivity (Wildman–Crippen MR) is 326 cm³/mol. The van der Waals surface area contributed by atoms with Crippen molar-refractivity contribution in [3.8, 4) is 79.0 Å². The van der Waals surface area contributed by atoms with Crippen LogP contribution in [0.2, 0.25) is 0 Å². The summed E-state index contributed by atoms with van der Waals surface area (Å²) >= 11 is 0. The second-order valence-corrected chi connectivity index (χ2v) is 21.9. The molecule has 0 amide bonds. The summed E-state index contributed by atoms with van der Waals surface area (Å²) in [6.45, 7) is 14.8. The van der Waals surface area contributed by atoms with Crippen LogP contribution < -0.4 is 4.74 Å². The molecule has 0 N–H and O–H groups in total. The summed E-state index contributed by atoms with van der Waals surface area (Å²) < 4.78 is 42.9. The Kier molecular flexibility index (Phi) is 14.4. The third-order valence-corrected chi connectivity index (χ3v) is 15.2. The van der Waals surface area contributed by atoms with E-state index in [4.69, 9.17) is 17.4 Å². The molecule has 0 aliphatic rings. The minimum Gasteiger partial charge on any atom is -0.497 e. The van der Waals surface area contributed by atoms with Crippen LogP contribution in [0.5, 0.6) is 11.5 Å². The Morgan fingerprint density at radius 3 is 1.52 bits per heavy atom. The van der Waals surface area contributed by atoms with E-state index in [-0.39, 0.29) is 50.3 Å². The van der Waals surface area contributed by atoms with Crippen molar-refractivity contribution in [3.05, 3.63) is 240 Å². The maximum absolute atomic E-state index is 15.3. The number of benzene rings is 10. The van der Waals surface area contributed by atoms with Crippen LogP contribution in [0, 0.1) is 12.1 Å². The molecule has 0 fully saturated rings. The molecule has 0 spiro atoms. The quantitative estimate of drug-likeness (QED) is 0.102. The van der Waals surface area contributed by atoms with Crippen LogP contribution in [0.15, 0.2) is 200 Å². The largest absolute Gasteiger partial charge is 2.00 e. The monoisotopic (exact) mass is 1230 g/mol. The molecule has 0 bridgehead atoms. The first-order valence-corrected chi connectivity index (χ1v) is 27.5. The molecule has 80 heavy (non-hydrogen) atoms. The van der Waals surface area contributed by atoms with Crippen molar-refractivity contribution in [2.24, 2.45) is 0 Å². The van der Waals surface area contributed by atoms with E-state index in [2.05, 4.69) is 210 Å². The van der Waals surface area contributed by atoms with Crippen LogP contribution >= 0.6 is 0 Å². The average molecular weight is 1230 g/mol. The molecule has 0 radical (unpaired) electrons. The zero-order valence-corrected chi connectivity index (χ0v) is 48.5. The topological polar surface area (TPSA) is 44.9 Å². The van der Waals surface area contributed by atoms with Crippen LogP contribution in [0.1, 0.15) is 110 Å². The van der Waals surface area contributed by atoms with Gasteiger partial charge in [0.25, 0.3) is 0 Å². The number of aromatic nitrogens is 4. The maximum Gasteiger partial charge on any atom is 2.00 e. The Hall–Kier alpha value is -8.18. The van der Waals surface area contributed by atoms with Gasteiger partial charge in [-0.05, 0) is 133 Å². The van der Waals surface area contributed by atoms with Crippen LogP contribution in [0.3, 0.4) is 0 Å². The van der Waals surface area contributed by atoms with E-state index < -0.39 is 6.63 Å². The van der Waals surface area contributed by atoms with E-state index in [1.54, 1.807) is 6.07 Å². The smallest absolute Gasteiger partial charge is 0.497 e. The van der Waals surface area contributed by atoms with E-state index in [0.29, 0.717) is 33.9 Å². The van der Waals surface area contributed by atoms with Gasteiger partial charge in [0.15, 0.2) is 0 Å². The second kappa shape index (κ2) is 22.5. The van der Waals surface area contributed by atoms with Gasteiger partial charge in [-0.3, -0.25) is 9.97 Å². The fraction of sp³-hybridized carbons (Fsp3) is 0.178. The number of halogens is 1. The summed E-state index contributed by atoms with van der Waals surface area (Å²) in [5, 5.41) is 1.80. The van der Waals surface area contributed by atoms with Gasteiger partial charge >= 0.3 is 21.1 Å². The van der Waals surface area contributed by atoms with Crippen molar-refractivity contribution in [1.82, 2.24) is 19.1 Å². The molecular weight excluding hydrogens is 1160 g/mol. The van der Waals surface area contributed by atoms with Crippen molar-refractivity contribution < 1.29 is 32.9 Å². The summed E-state index contributed by atoms with van der Waals surface area (Å²) in [5.41, 5.74) is 18.1. The van der Waals surface area contributed by atoms with Gasteiger partial charge in [0, 0.05) is 22.9 Å². The zero-order chi connectivity index (χ0) is 56.3. The summed E-state index contributed by atoms with van der Waals surface area (Å²) in [7, 11) is 0. The number of ether oxygens (including phenoxy) is 1. The van der Waals surface area contributed by atoms with Gasteiger partial charge < -0.3 is 13.9 Å². The van der Waals surface area contributed by atoms with E-state index >= 15 is 4.39 Å². The fourth-order valence-electron chi connectivity index (χ4n) is 11.3. The van der Waals surface area contributed by atoms with Gasteiger partial charge in [-0.25, -0.2) is 4.39 Å². The minimum atomic E-state index is -3.08. The van der Waals surface area contributed by atoms with Crippen molar-refractivity contribution in [1.29, 1.82) is 0 Å². The predicted octanol–water partition coefficient (Wildman–Crippen LogP) is 20.2. The molecule has 12 aromatic rings. The van der Waals surface area contributed by atoms with Crippen LogP contribution in [0.4, 0.5) is 4.39 Å². The Morgan fingerprint density at radius 2 is 0.938 bits per heavy atom. The number of para-hydroxylation sites is 2. The number of hydrogen-bond acceptors (Lipinski definition) is 3. The molecule has 5 nitrogen and oxygen atoms in total. The molecule has 7 heteroatoms. The first kappa shape index (κ1) is 51.3. The van der Waals surface area contributed by atoms with Gasteiger partial charge in [0.2, 0.25) is 0 Å². The Bertz CT molecular complexity index is 4250. The van der Waals surface area contributed by atoms with Crippen LogP contribution in [-0.2, 0) is 27.7 Å². The molecule has 2 heterocycles. The fourth-order valence-corrected chi connectivity index (χ4v) is 11.3. The normalized spacial score (nSPS) is 12.3. The number of fused-ring (bicyclic) bond motifs is 3. The SMILES string of the molecule is [2H]C([2H])(F)c1ccc2c(c1)nc(-c1[c-]c(Oc3[c-]c(-c4nc5ccccc5n4-c4c(C(C)C)cc(-c5ccccc5)cc4C(C)C)ccc3)cc3ccccc13)n2-c1c(C(C)C)cc(-c2ccc(-c3ccccc3)cc2)cc1C(C)C.[Pt+2]. The van der Waals surface area contributed by atoms with Crippen molar-refractivity contribution >= 4 is 32.8 Å². The molecule has 10 aromatic carbocycles. The number of imidazole rings is 2. The number of rotatable bonds is 14. The molecule has 0 saturated heterocycles.